The number of aromatic nitrogens is 4. The van der Waals surface area contributed by atoms with Gasteiger partial charge in [-0.25, -0.2) is 9.97 Å². The number of fused-ring (bicyclic) bond motifs is 2. The molecule has 0 fully saturated rings. The third kappa shape index (κ3) is 3.34. The van der Waals surface area contributed by atoms with Crippen molar-refractivity contribution in [2.24, 2.45) is 0 Å². The van der Waals surface area contributed by atoms with E-state index in [1.54, 1.807) is 0 Å². The van der Waals surface area contributed by atoms with Gasteiger partial charge in [-0.05, 0) is 43.2 Å². The van der Waals surface area contributed by atoms with Crippen LogP contribution in [0.1, 0.15) is 41.5 Å². The molecule has 0 saturated carbocycles. The summed E-state index contributed by atoms with van der Waals surface area (Å²) >= 11 is 0. The zero-order valence-corrected chi connectivity index (χ0v) is 17.4. The zero-order chi connectivity index (χ0) is 21.5. The minimum absolute atomic E-state index is 0.143. The largest absolute Gasteiger partial charge is 0.338 e. The number of para-hydroxylation sites is 3. The van der Waals surface area contributed by atoms with Crippen molar-refractivity contribution >= 4 is 33.7 Å². The number of imidazole rings is 1. The van der Waals surface area contributed by atoms with Gasteiger partial charge < -0.3 is 14.8 Å². The van der Waals surface area contributed by atoms with Crippen LogP contribution in [0, 0.1) is 6.92 Å². The van der Waals surface area contributed by atoms with Gasteiger partial charge in [-0.2, -0.15) is 0 Å². The summed E-state index contributed by atoms with van der Waals surface area (Å²) in [6, 6.07) is 17.2. The number of pyridine rings is 1. The summed E-state index contributed by atoms with van der Waals surface area (Å²) in [5, 5.41) is 7.68. The normalized spacial score (nSPS) is 11.5. The minimum atomic E-state index is -0.246. The van der Waals surface area contributed by atoms with E-state index in [0.717, 1.165) is 22.3 Å². The summed E-state index contributed by atoms with van der Waals surface area (Å²) in [5.41, 5.74) is 5.56. The maximum atomic E-state index is 13.4. The summed E-state index contributed by atoms with van der Waals surface area (Å²) in [4.78, 5) is 25.9. The van der Waals surface area contributed by atoms with Gasteiger partial charge in [0.25, 0.3) is 11.6 Å². The van der Waals surface area contributed by atoms with E-state index < -0.39 is 0 Å². The van der Waals surface area contributed by atoms with Gasteiger partial charge in [-0.3, -0.25) is 4.79 Å². The molecule has 0 aliphatic heterocycles. The number of hydrogen-bond acceptors (Lipinski definition) is 5. The number of nitrogens with zero attached hydrogens (tertiary/aromatic N) is 3. The Bertz CT molecular complexity index is 1400. The van der Waals surface area contributed by atoms with Crippen LogP contribution in [0.5, 0.6) is 0 Å². The molecule has 3 heterocycles. The van der Waals surface area contributed by atoms with Gasteiger partial charge in [0, 0.05) is 11.3 Å². The second-order valence-electron chi connectivity index (χ2n) is 7.80. The molecule has 3 aromatic heterocycles. The Labute approximate surface area is 178 Å². The van der Waals surface area contributed by atoms with Gasteiger partial charge in [0.05, 0.1) is 33.4 Å². The Balaban J connectivity index is 1.57. The first-order valence-corrected chi connectivity index (χ1v) is 10.1. The lowest BCUT2D eigenvalue weighted by molar-refractivity contribution is 0.102. The van der Waals surface area contributed by atoms with Crippen LogP contribution in [0.3, 0.4) is 0 Å². The molecule has 1 amide bonds. The van der Waals surface area contributed by atoms with E-state index in [1.807, 2.05) is 75.4 Å². The first-order valence-electron chi connectivity index (χ1n) is 10.1. The highest BCUT2D eigenvalue weighted by atomic mass is 16.5. The van der Waals surface area contributed by atoms with Crippen molar-refractivity contribution in [2.75, 3.05) is 5.32 Å². The molecule has 0 bridgehead atoms. The Morgan fingerprint density at radius 1 is 1.06 bits per heavy atom. The molecule has 0 saturated heterocycles. The molecule has 0 aliphatic rings. The molecule has 2 aromatic carbocycles. The van der Waals surface area contributed by atoms with E-state index in [1.165, 1.54) is 0 Å². The number of amides is 1. The number of hydrogen-bond donors (Lipinski definition) is 2. The van der Waals surface area contributed by atoms with Gasteiger partial charge in [0.2, 0.25) is 0 Å². The van der Waals surface area contributed by atoms with Gasteiger partial charge >= 0.3 is 0 Å². The van der Waals surface area contributed by atoms with Gasteiger partial charge in [0.1, 0.15) is 5.82 Å². The maximum Gasteiger partial charge on any atom is 0.259 e. The van der Waals surface area contributed by atoms with Gasteiger partial charge in [-0.1, -0.05) is 43.3 Å². The molecule has 0 radical (unpaired) electrons. The van der Waals surface area contributed by atoms with E-state index in [2.05, 4.69) is 25.4 Å². The number of aryl methyl sites for hydroxylation is 1. The Kier molecular flexibility index (Phi) is 4.51. The van der Waals surface area contributed by atoms with Crippen LogP contribution in [0.4, 0.5) is 5.69 Å². The van der Waals surface area contributed by atoms with Crippen LogP contribution in [0.25, 0.3) is 33.5 Å². The first kappa shape index (κ1) is 19.0. The van der Waals surface area contributed by atoms with Crippen LogP contribution < -0.4 is 5.32 Å². The predicted octanol–water partition coefficient (Wildman–Crippen LogP) is 5.45. The first-order chi connectivity index (χ1) is 15.0. The molecule has 31 heavy (non-hydrogen) atoms. The van der Waals surface area contributed by atoms with Crippen molar-refractivity contribution in [2.45, 2.75) is 26.7 Å². The molecule has 2 N–H and O–H groups in total. The van der Waals surface area contributed by atoms with Crippen molar-refractivity contribution in [3.05, 3.63) is 71.5 Å². The number of carbonyl (C=O) groups is 1. The lowest BCUT2D eigenvalue weighted by atomic mass is 10.0. The molecule has 0 spiro atoms. The Morgan fingerprint density at radius 2 is 1.84 bits per heavy atom. The van der Waals surface area contributed by atoms with Crippen LogP contribution >= 0.6 is 0 Å². The van der Waals surface area contributed by atoms with E-state index in [9.17, 15) is 4.79 Å². The summed E-state index contributed by atoms with van der Waals surface area (Å²) in [7, 11) is 0. The number of rotatable bonds is 4. The number of anilines is 1. The maximum absolute atomic E-state index is 13.4. The number of nitrogens with one attached hydrogen (secondary N) is 2. The Morgan fingerprint density at radius 3 is 2.65 bits per heavy atom. The molecule has 0 unspecified atom stereocenters. The highest BCUT2D eigenvalue weighted by Crippen LogP contribution is 2.30. The minimum Gasteiger partial charge on any atom is -0.338 e. The van der Waals surface area contributed by atoms with Crippen molar-refractivity contribution in [3.63, 3.8) is 0 Å². The number of H-pyrrole nitrogens is 1. The third-order valence-corrected chi connectivity index (χ3v) is 5.29. The fraction of sp³-hybridized carbons (Fsp3) is 0.167. The molecule has 0 aliphatic carbocycles. The summed E-state index contributed by atoms with van der Waals surface area (Å²) in [6.07, 6.45) is 0. The van der Waals surface area contributed by atoms with E-state index >= 15 is 0 Å². The number of benzene rings is 2. The second kappa shape index (κ2) is 7.36. The fourth-order valence-electron chi connectivity index (χ4n) is 3.66. The van der Waals surface area contributed by atoms with Crippen molar-refractivity contribution < 1.29 is 9.32 Å². The van der Waals surface area contributed by atoms with E-state index in [0.29, 0.717) is 33.9 Å². The average Bonchev–Trinajstić information content (AvgIpc) is 3.37. The highest BCUT2D eigenvalue weighted by Gasteiger charge is 2.21. The molecular formula is C24H21N5O2. The quantitative estimate of drug-likeness (QED) is 0.410. The average molecular weight is 411 g/mol. The van der Waals surface area contributed by atoms with Crippen molar-refractivity contribution in [1.82, 2.24) is 20.1 Å². The topological polar surface area (TPSA) is 96.7 Å². The monoisotopic (exact) mass is 411 g/mol. The van der Waals surface area contributed by atoms with Crippen LogP contribution in [0.2, 0.25) is 0 Å². The van der Waals surface area contributed by atoms with E-state index in [4.69, 9.17) is 4.52 Å². The smallest absolute Gasteiger partial charge is 0.259 e. The molecular weight excluding hydrogens is 390 g/mol. The van der Waals surface area contributed by atoms with Gasteiger partial charge in [0.15, 0.2) is 0 Å². The molecule has 5 rings (SSSR count). The lowest BCUT2D eigenvalue weighted by Crippen LogP contribution is -2.14. The number of carbonyl (C=O) groups excluding carboxylic acids is 1. The van der Waals surface area contributed by atoms with Crippen LogP contribution in [-0.4, -0.2) is 26.0 Å². The third-order valence-electron chi connectivity index (χ3n) is 5.29. The molecule has 7 nitrogen and oxygen atoms in total. The van der Waals surface area contributed by atoms with Crippen LogP contribution in [0.15, 0.2) is 59.1 Å². The predicted molar refractivity (Wildman–Crippen MR) is 120 cm³/mol. The second-order valence-corrected chi connectivity index (χ2v) is 7.80. The zero-order valence-electron chi connectivity index (χ0n) is 17.4. The summed E-state index contributed by atoms with van der Waals surface area (Å²) in [5.74, 6) is 0.592. The SMILES string of the molecule is Cc1noc2nc(C(C)C)cc(C(=O)Nc3ccccc3-c3nc4ccccc4[nH]3)c12. The number of aromatic amines is 1. The van der Waals surface area contributed by atoms with Crippen molar-refractivity contribution in [3.8, 4) is 11.4 Å². The van der Waals surface area contributed by atoms with E-state index in [-0.39, 0.29) is 11.8 Å². The fourth-order valence-corrected chi connectivity index (χ4v) is 3.66. The standard InChI is InChI=1S/C24H21N5O2/c1-13(2)20-12-16(21-14(3)29-31-24(21)28-20)23(30)27-17-9-5-4-8-15(17)22-25-18-10-6-7-11-19(18)26-22/h4-13H,1-3H3,(H,25,26)(H,27,30). The molecule has 7 heteroatoms. The molecule has 0 atom stereocenters. The lowest BCUT2D eigenvalue weighted by Gasteiger charge is -2.12. The van der Waals surface area contributed by atoms with Crippen LogP contribution in [-0.2, 0) is 0 Å². The summed E-state index contributed by atoms with van der Waals surface area (Å²) < 4.78 is 5.35. The van der Waals surface area contributed by atoms with Gasteiger partial charge in [-0.15, -0.1) is 0 Å². The molecule has 154 valence electrons. The van der Waals surface area contributed by atoms with Crippen molar-refractivity contribution in [1.29, 1.82) is 0 Å². The molecule has 5 aromatic rings. The summed E-state index contributed by atoms with van der Waals surface area (Å²) in [6.45, 7) is 5.85. The Hall–Kier alpha value is -4.00. The highest BCUT2D eigenvalue weighted by molar-refractivity contribution is 6.13.